The molecule has 5 N–H and O–H groups in total. The van der Waals surface area contributed by atoms with Crippen molar-refractivity contribution in [2.75, 3.05) is 0 Å². The molecule has 1 aromatic carbocycles. The first-order chi connectivity index (χ1) is 7.99. The lowest BCUT2D eigenvalue weighted by molar-refractivity contribution is -0.119. The molecular weight excluding hydrogens is 218 g/mol. The van der Waals surface area contributed by atoms with Gasteiger partial charge in [0, 0.05) is 24.1 Å². The summed E-state index contributed by atoms with van der Waals surface area (Å²) in [7, 11) is 1.90. The van der Waals surface area contributed by atoms with Crippen molar-refractivity contribution in [1.82, 2.24) is 4.57 Å². The van der Waals surface area contributed by atoms with Gasteiger partial charge in [0.15, 0.2) is 0 Å². The Kier molecular flexibility index (Phi) is 2.77. The lowest BCUT2D eigenvalue weighted by atomic mass is 10.1. The van der Waals surface area contributed by atoms with E-state index < -0.39 is 11.9 Å². The molecule has 0 aliphatic heterocycles. The third kappa shape index (κ3) is 2.09. The summed E-state index contributed by atoms with van der Waals surface area (Å²) in [5, 5.41) is 10.4. The summed E-state index contributed by atoms with van der Waals surface area (Å²) in [6, 6.07) is 4.41. The molecule has 1 heterocycles. The Morgan fingerprint density at radius 1 is 1.53 bits per heavy atom. The van der Waals surface area contributed by atoms with Gasteiger partial charge in [0.2, 0.25) is 5.91 Å². The number of primary amides is 1. The Balaban J connectivity index is 2.47. The average Bonchev–Trinajstić information content (AvgIpc) is 2.55. The summed E-state index contributed by atoms with van der Waals surface area (Å²) in [5.74, 6) is -0.334. The minimum Gasteiger partial charge on any atom is -0.508 e. The van der Waals surface area contributed by atoms with Gasteiger partial charge in [-0.1, -0.05) is 0 Å². The number of hydrogen-bond acceptors (Lipinski definition) is 3. The van der Waals surface area contributed by atoms with Gasteiger partial charge < -0.3 is 21.1 Å². The van der Waals surface area contributed by atoms with Crippen LogP contribution in [0, 0.1) is 0 Å². The maximum absolute atomic E-state index is 11.0. The molecule has 1 aromatic heterocycles. The van der Waals surface area contributed by atoms with Gasteiger partial charge in [-0.05, 0) is 30.2 Å². The van der Waals surface area contributed by atoms with E-state index >= 15 is 0 Å². The standard InChI is InChI=1S/C12H15N3O2/c1-15-6-7(4-10(13)12(14)17)9-5-8(16)2-3-11(9)15/h2-3,5-6,10,16H,4,13H2,1H3,(H2,14,17)/t10-/m0/s1. The zero-order chi connectivity index (χ0) is 12.6. The molecule has 1 amide bonds. The first kappa shape index (κ1) is 11.5. The van der Waals surface area contributed by atoms with Crippen LogP contribution in [-0.4, -0.2) is 21.6 Å². The zero-order valence-corrected chi connectivity index (χ0v) is 9.55. The van der Waals surface area contributed by atoms with Crippen LogP contribution in [-0.2, 0) is 18.3 Å². The fourth-order valence-electron chi connectivity index (χ4n) is 1.96. The smallest absolute Gasteiger partial charge is 0.234 e. The van der Waals surface area contributed by atoms with Gasteiger partial charge in [0.25, 0.3) is 0 Å². The SMILES string of the molecule is Cn1cc(C[C@H](N)C(N)=O)c2cc(O)ccc21. The van der Waals surface area contributed by atoms with Crippen molar-refractivity contribution in [3.63, 3.8) is 0 Å². The Morgan fingerprint density at radius 3 is 2.88 bits per heavy atom. The van der Waals surface area contributed by atoms with Gasteiger partial charge >= 0.3 is 0 Å². The molecule has 0 saturated heterocycles. The minimum atomic E-state index is -0.706. The molecule has 0 aliphatic rings. The summed E-state index contributed by atoms with van der Waals surface area (Å²) in [6.45, 7) is 0. The number of phenols is 1. The Morgan fingerprint density at radius 2 is 2.24 bits per heavy atom. The van der Waals surface area contributed by atoms with Crippen molar-refractivity contribution < 1.29 is 9.90 Å². The molecule has 0 aliphatic carbocycles. The molecule has 0 radical (unpaired) electrons. The van der Waals surface area contributed by atoms with E-state index in [0.717, 1.165) is 16.5 Å². The fraction of sp³-hybridized carbons (Fsp3) is 0.250. The van der Waals surface area contributed by atoms with E-state index in [1.165, 1.54) is 0 Å². The van der Waals surface area contributed by atoms with Crippen molar-refractivity contribution in [3.05, 3.63) is 30.0 Å². The molecule has 0 fully saturated rings. The maximum Gasteiger partial charge on any atom is 0.234 e. The summed E-state index contributed by atoms with van der Waals surface area (Å²) < 4.78 is 1.93. The highest BCUT2D eigenvalue weighted by Crippen LogP contribution is 2.25. The van der Waals surface area contributed by atoms with E-state index in [4.69, 9.17) is 11.5 Å². The first-order valence-corrected chi connectivity index (χ1v) is 5.31. The molecular formula is C12H15N3O2. The molecule has 17 heavy (non-hydrogen) atoms. The number of fused-ring (bicyclic) bond motifs is 1. The Bertz CT molecular complexity index is 574. The van der Waals surface area contributed by atoms with Crippen molar-refractivity contribution in [3.8, 4) is 5.75 Å². The van der Waals surface area contributed by atoms with Crippen molar-refractivity contribution in [2.45, 2.75) is 12.5 Å². The number of amides is 1. The molecule has 0 saturated carbocycles. The Hall–Kier alpha value is -2.01. The third-order valence-corrected chi connectivity index (χ3v) is 2.86. The number of phenolic OH excluding ortho intramolecular Hbond substituents is 1. The highest BCUT2D eigenvalue weighted by atomic mass is 16.3. The molecule has 5 nitrogen and oxygen atoms in total. The predicted octanol–water partition coefficient (Wildman–Crippen LogP) is 0.239. The number of nitrogens with zero attached hydrogens (tertiary/aromatic N) is 1. The van der Waals surface area contributed by atoms with Gasteiger partial charge in [-0.25, -0.2) is 0 Å². The van der Waals surface area contributed by atoms with E-state index in [0.29, 0.717) is 6.42 Å². The molecule has 5 heteroatoms. The molecule has 90 valence electrons. The van der Waals surface area contributed by atoms with E-state index in [2.05, 4.69) is 0 Å². The van der Waals surface area contributed by atoms with Crippen LogP contribution < -0.4 is 11.5 Å². The second-order valence-corrected chi connectivity index (χ2v) is 4.18. The van der Waals surface area contributed by atoms with Crippen LogP contribution in [0.4, 0.5) is 0 Å². The summed E-state index contributed by atoms with van der Waals surface area (Å²) in [6.07, 6.45) is 2.27. The summed E-state index contributed by atoms with van der Waals surface area (Å²) >= 11 is 0. The number of carbonyl (C=O) groups excluding carboxylic acids is 1. The first-order valence-electron chi connectivity index (χ1n) is 5.31. The molecule has 2 aromatic rings. The highest BCUT2D eigenvalue weighted by molar-refractivity contribution is 5.87. The topological polar surface area (TPSA) is 94.3 Å². The van der Waals surface area contributed by atoms with E-state index in [1.807, 2.05) is 23.9 Å². The van der Waals surface area contributed by atoms with Crippen LogP contribution in [0.1, 0.15) is 5.56 Å². The van der Waals surface area contributed by atoms with Crippen molar-refractivity contribution in [1.29, 1.82) is 0 Å². The van der Waals surface area contributed by atoms with Crippen LogP contribution >= 0.6 is 0 Å². The van der Waals surface area contributed by atoms with Crippen LogP contribution in [0.5, 0.6) is 5.75 Å². The quantitative estimate of drug-likeness (QED) is 0.708. The average molecular weight is 233 g/mol. The highest BCUT2D eigenvalue weighted by Gasteiger charge is 2.14. The van der Waals surface area contributed by atoms with Crippen molar-refractivity contribution in [2.24, 2.45) is 18.5 Å². The van der Waals surface area contributed by atoms with Gasteiger partial charge in [-0.3, -0.25) is 4.79 Å². The number of rotatable bonds is 3. The summed E-state index contributed by atoms with van der Waals surface area (Å²) in [4.78, 5) is 11.0. The predicted molar refractivity (Wildman–Crippen MR) is 65.5 cm³/mol. The van der Waals surface area contributed by atoms with E-state index in [1.54, 1.807) is 12.1 Å². The van der Waals surface area contributed by atoms with Gasteiger partial charge in [-0.15, -0.1) is 0 Å². The molecule has 0 bridgehead atoms. The van der Waals surface area contributed by atoms with Gasteiger partial charge in [0.05, 0.1) is 6.04 Å². The Labute approximate surface area is 98.6 Å². The number of aromatic hydroxyl groups is 1. The number of hydrogen-bond donors (Lipinski definition) is 3. The molecule has 0 spiro atoms. The minimum absolute atomic E-state index is 0.192. The van der Waals surface area contributed by atoms with Crippen LogP contribution in [0.2, 0.25) is 0 Å². The number of aryl methyl sites for hydroxylation is 1. The molecule has 2 rings (SSSR count). The largest absolute Gasteiger partial charge is 0.508 e. The monoisotopic (exact) mass is 233 g/mol. The van der Waals surface area contributed by atoms with E-state index in [9.17, 15) is 9.90 Å². The van der Waals surface area contributed by atoms with Crippen LogP contribution in [0.15, 0.2) is 24.4 Å². The van der Waals surface area contributed by atoms with E-state index in [-0.39, 0.29) is 5.75 Å². The number of carbonyl (C=O) groups is 1. The lowest BCUT2D eigenvalue weighted by Crippen LogP contribution is -2.38. The fourth-order valence-corrected chi connectivity index (χ4v) is 1.96. The van der Waals surface area contributed by atoms with Crippen LogP contribution in [0.3, 0.4) is 0 Å². The number of nitrogens with two attached hydrogens (primary N) is 2. The second-order valence-electron chi connectivity index (χ2n) is 4.18. The number of benzene rings is 1. The normalized spacial score (nSPS) is 12.8. The second kappa shape index (κ2) is 4.10. The summed E-state index contributed by atoms with van der Waals surface area (Å²) in [5.41, 5.74) is 12.7. The van der Waals surface area contributed by atoms with Crippen molar-refractivity contribution >= 4 is 16.8 Å². The van der Waals surface area contributed by atoms with Gasteiger partial charge in [-0.2, -0.15) is 0 Å². The molecule has 1 atom stereocenters. The van der Waals surface area contributed by atoms with Gasteiger partial charge in [0.1, 0.15) is 5.75 Å². The molecule has 0 unspecified atom stereocenters. The lowest BCUT2D eigenvalue weighted by Gasteiger charge is -2.05. The third-order valence-electron chi connectivity index (χ3n) is 2.86. The van der Waals surface area contributed by atoms with Crippen LogP contribution in [0.25, 0.3) is 10.9 Å². The maximum atomic E-state index is 11.0. The number of aromatic nitrogens is 1. The zero-order valence-electron chi connectivity index (χ0n) is 9.55.